The van der Waals surface area contributed by atoms with Crippen LogP contribution in [0.1, 0.15) is 56.6 Å². The number of aromatic hydroxyl groups is 1. The van der Waals surface area contributed by atoms with E-state index in [9.17, 15) is 29.4 Å². The van der Waals surface area contributed by atoms with E-state index in [0.29, 0.717) is 36.9 Å². The second-order valence-corrected chi connectivity index (χ2v) is 14.4. The second kappa shape index (κ2) is 15.4. The van der Waals surface area contributed by atoms with E-state index in [1.807, 2.05) is 36.6 Å². The van der Waals surface area contributed by atoms with Crippen molar-refractivity contribution in [1.82, 2.24) is 16.0 Å². The Bertz CT molecular complexity index is 1410. The fourth-order valence-electron chi connectivity index (χ4n) is 8.71. The van der Waals surface area contributed by atoms with Crippen LogP contribution >= 0.6 is 24.2 Å². The van der Waals surface area contributed by atoms with Gasteiger partial charge in [-0.3, -0.25) is 19.2 Å². The lowest BCUT2D eigenvalue weighted by Crippen LogP contribution is -2.77. The van der Waals surface area contributed by atoms with Crippen LogP contribution in [0, 0.1) is 17.8 Å². The number of carbonyl (C=O) groups is 4. The first-order valence-electron chi connectivity index (χ1n) is 16.2. The molecule has 4 aliphatic rings. The molecule has 0 saturated heterocycles. The summed E-state index contributed by atoms with van der Waals surface area (Å²) in [6, 6.07) is 13.2. The highest BCUT2D eigenvalue weighted by molar-refractivity contribution is 7.98. The minimum absolute atomic E-state index is 0. The van der Waals surface area contributed by atoms with Gasteiger partial charge in [-0.2, -0.15) is 11.8 Å². The zero-order valence-electron chi connectivity index (χ0n) is 26.9. The lowest BCUT2D eigenvalue weighted by atomic mass is 9.39. The maximum Gasteiger partial charge on any atom is 0.243 e. The highest BCUT2D eigenvalue weighted by Crippen LogP contribution is 2.65. The van der Waals surface area contributed by atoms with Crippen molar-refractivity contribution in [2.24, 2.45) is 23.5 Å². The van der Waals surface area contributed by atoms with Crippen LogP contribution in [-0.4, -0.2) is 76.0 Å². The highest BCUT2D eigenvalue weighted by atomic mass is 35.5. The number of Topliss-reactive ketones (excluding diaryl/α,β-unsaturated/α-hetero) is 1. The lowest BCUT2D eigenvalue weighted by Gasteiger charge is -2.67. The maximum absolute atomic E-state index is 14.0. The average molecular weight is 687 g/mol. The molecule has 0 spiro atoms. The Morgan fingerprint density at radius 1 is 0.936 bits per heavy atom. The van der Waals surface area contributed by atoms with Gasteiger partial charge in [0, 0.05) is 0 Å². The number of ketones is 1. The standard InChI is InChI=1S/C35H46N4O6S.ClH/c1-21(37-33(45)29(12-13-46-2)38-32(44)28(36)17-22-8-10-27(41)11-9-22)31(43)39-34-18-23-14-24(19-34)16-26(15-23)35(34,30(42)20-40)25-6-4-3-5-7-25;/h3-11,21,23-24,26,28-29,40-41H,12-20,36H2,1-2H3,(H,37,45)(H,38,44)(H,39,43);1H/t21-,23?,24?,26?,28-,29+,34?,35?;/m0./s1. The number of benzene rings is 2. The van der Waals surface area contributed by atoms with Crippen LogP contribution < -0.4 is 21.7 Å². The first kappa shape index (κ1) is 36.7. The van der Waals surface area contributed by atoms with E-state index in [4.69, 9.17) is 5.73 Å². The first-order chi connectivity index (χ1) is 22.0. The number of nitrogens with one attached hydrogen (secondary N) is 3. The summed E-state index contributed by atoms with van der Waals surface area (Å²) in [5.74, 6) is -0.189. The predicted octanol–water partition coefficient (Wildman–Crippen LogP) is 2.62. The van der Waals surface area contributed by atoms with Crippen molar-refractivity contribution in [1.29, 1.82) is 0 Å². The first-order valence-corrected chi connectivity index (χ1v) is 17.6. The van der Waals surface area contributed by atoms with E-state index in [1.54, 1.807) is 19.1 Å². The molecule has 4 bridgehead atoms. The van der Waals surface area contributed by atoms with E-state index in [2.05, 4.69) is 16.0 Å². The number of halogens is 1. The summed E-state index contributed by atoms with van der Waals surface area (Å²) in [6.45, 7) is 0.992. The Hall–Kier alpha value is -3.12. The van der Waals surface area contributed by atoms with Crippen molar-refractivity contribution in [2.45, 2.75) is 80.9 Å². The van der Waals surface area contributed by atoms with Gasteiger partial charge in [-0.05, 0) is 105 Å². The topological polar surface area (TPSA) is 171 Å². The Morgan fingerprint density at radius 3 is 2.17 bits per heavy atom. The number of nitrogens with two attached hydrogens (primary N) is 1. The number of thioether (sulfide) groups is 1. The van der Waals surface area contributed by atoms with Crippen LogP contribution in [0.25, 0.3) is 0 Å². The molecule has 2 aromatic carbocycles. The molecular weight excluding hydrogens is 640 g/mol. The van der Waals surface area contributed by atoms with Crippen LogP contribution in [-0.2, 0) is 31.0 Å². The molecule has 10 nitrogen and oxygen atoms in total. The van der Waals surface area contributed by atoms with Crippen LogP contribution in [0.3, 0.4) is 0 Å². The molecule has 2 aromatic rings. The number of hydrogen-bond acceptors (Lipinski definition) is 8. The van der Waals surface area contributed by atoms with Gasteiger partial charge in [0.15, 0.2) is 5.78 Å². The molecule has 7 N–H and O–H groups in total. The summed E-state index contributed by atoms with van der Waals surface area (Å²) in [5, 5.41) is 28.7. The minimum Gasteiger partial charge on any atom is -0.508 e. The number of carbonyl (C=O) groups excluding carboxylic acids is 4. The molecule has 0 heterocycles. The lowest BCUT2D eigenvalue weighted by molar-refractivity contribution is -0.156. The smallest absolute Gasteiger partial charge is 0.243 e. The third-order valence-electron chi connectivity index (χ3n) is 10.4. The van der Waals surface area contributed by atoms with Gasteiger partial charge in [-0.15, -0.1) is 12.4 Å². The maximum atomic E-state index is 14.0. The van der Waals surface area contributed by atoms with Crippen molar-refractivity contribution in [3.05, 3.63) is 65.7 Å². The van der Waals surface area contributed by atoms with E-state index in [1.165, 1.54) is 23.9 Å². The fraction of sp³-hybridized carbons (Fsp3) is 0.543. The van der Waals surface area contributed by atoms with Crippen LogP contribution in [0.15, 0.2) is 54.6 Å². The number of rotatable bonds is 14. The van der Waals surface area contributed by atoms with Gasteiger partial charge in [-0.25, -0.2) is 0 Å². The SMILES string of the molecule is CSCC[C@@H](NC(=O)[C@@H](N)Cc1ccc(O)cc1)C(=O)N[C@@H](C)C(=O)NC12CC3CC(CC(C3)C1(C(=O)CO)c1ccccc1)C2.Cl. The van der Waals surface area contributed by atoms with Crippen LogP contribution in [0.5, 0.6) is 5.75 Å². The third-order valence-corrected chi connectivity index (χ3v) is 11.1. The Morgan fingerprint density at radius 2 is 1.57 bits per heavy atom. The largest absolute Gasteiger partial charge is 0.508 e. The number of aliphatic hydroxyl groups is 1. The molecule has 4 saturated carbocycles. The molecule has 0 radical (unpaired) electrons. The van der Waals surface area contributed by atoms with Crippen molar-refractivity contribution in [3.8, 4) is 5.75 Å². The Balaban J connectivity index is 0.00000500. The molecule has 256 valence electrons. The van der Waals surface area contributed by atoms with E-state index in [0.717, 1.165) is 30.4 Å². The van der Waals surface area contributed by atoms with Gasteiger partial charge in [0.25, 0.3) is 0 Å². The highest BCUT2D eigenvalue weighted by Gasteiger charge is 2.69. The van der Waals surface area contributed by atoms with E-state index < -0.39 is 53.4 Å². The number of phenols is 1. The monoisotopic (exact) mass is 686 g/mol. The zero-order chi connectivity index (χ0) is 33.1. The number of hydrogen-bond donors (Lipinski definition) is 6. The van der Waals surface area contributed by atoms with Gasteiger partial charge in [0.05, 0.1) is 17.0 Å². The Kier molecular flexibility index (Phi) is 12.0. The van der Waals surface area contributed by atoms with Gasteiger partial charge in [-0.1, -0.05) is 42.5 Å². The van der Waals surface area contributed by atoms with Gasteiger partial charge in [0.2, 0.25) is 17.7 Å². The molecule has 0 aliphatic heterocycles. The molecule has 47 heavy (non-hydrogen) atoms. The summed E-state index contributed by atoms with van der Waals surface area (Å²) in [7, 11) is 0. The van der Waals surface area contributed by atoms with Crippen molar-refractivity contribution >= 4 is 47.7 Å². The van der Waals surface area contributed by atoms with Gasteiger partial charge >= 0.3 is 0 Å². The van der Waals surface area contributed by atoms with E-state index >= 15 is 0 Å². The zero-order valence-corrected chi connectivity index (χ0v) is 28.6. The number of phenolic OH excluding ortho intramolecular Hbond substituents is 1. The average Bonchev–Trinajstić information content (AvgIpc) is 3.03. The van der Waals surface area contributed by atoms with Crippen LogP contribution in [0.2, 0.25) is 0 Å². The van der Waals surface area contributed by atoms with E-state index in [-0.39, 0.29) is 36.3 Å². The molecule has 6 rings (SSSR count). The van der Waals surface area contributed by atoms with Crippen LogP contribution in [0.4, 0.5) is 0 Å². The quantitative estimate of drug-likeness (QED) is 0.176. The molecule has 3 amide bonds. The number of aliphatic hydroxyl groups excluding tert-OH is 1. The second-order valence-electron chi connectivity index (χ2n) is 13.4. The number of amides is 3. The fourth-order valence-corrected chi connectivity index (χ4v) is 9.18. The van der Waals surface area contributed by atoms with Gasteiger partial charge in [0.1, 0.15) is 24.4 Å². The molecule has 12 heteroatoms. The molecule has 3 unspecified atom stereocenters. The summed E-state index contributed by atoms with van der Waals surface area (Å²) in [4.78, 5) is 54.4. The van der Waals surface area contributed by atoms with Crippen molar-refractivity contribution < 1.29 is 29.4 Å². The van der Waals surface area contributed by atoms with Gasteiger partial charge < -0.3 is 31.9 Å². The molecule has 4 aliphatic carbocycles. The summed E-state index contributed by atoms with van der Waals surface area (Å²) in [6.07, 6.45) is 6.58. The molecule has 6 atom stereocenters. The summed E-state index contributed by atoms with van der Waals surface area (Å²) >= 11 is 1.53. The molecular formula is C35H47ClN4O6S. The minimum atomic E-state index is -1.06. The normalized spacial score (nSPS) is 27.5. The van der Waals surface area contributed by atoms with Crippen molar-refractivity contribution in [2.75, 3.05) is 18.6 Å². The third kappa shape index (κ3) is 7.33. The summed E-state index contributed by atoms with van der Waals surface area (Å²) in [5.41, 5.74) is 5.82. The Labute approximate surface area is 286 Å². The molecule has 0 aromatic heterocycles. The molecule has 4 fully saturated rings. The summed E-state index contributed by atoms with van der Waals surface area (Å²) < 4.78 is 0. The van der Waals surface area contributed by atoms with Crippen molar-refractivity contribution in [3.63, 3.8) is 0 Å². The predicted molar refractivity (Wildman–Crippen MR) is 184 cm³/mol.